The summed E-state index contributed by atoms with van der Waals surface area (Å²) < 4.78 is 0. The third-order valence-electron chi connectivity index (χ3n) is 5.93. The number of carbonyl (C=O) groups is 1. The third-order valence-corrected chi connectivity index (χ3v) is 5.93. The number of hydrogen-bond donors (Lipinski definition) is 1. The predicted octanol–water partition coefficient (Wildman–Crippen LogP) is 3.51. The Morgan fingerprint density at radius 3 is 2.58 bits per heavy atom. The van der Waals surface area contributed by atoms with Gasteiger partial charge in [-0.15, -0.1) is 0 Å². The molecule has 0 spiro atoms. The molecule has 6 nitrogen and oxygen atoms in total. The van der Waals surface area contributed by atoms with Crippen LogP contribution in [0.4, 0.5) is 0 Å². The normalized spacial score (nSPS) is 14.8. The second-order valence-corrected chi connectivity index (χ2v) is 8.00. The van der Waals surface area contributed by atoms with E-state index in [0.717, 1.165) is 60.4 Å². The van der Waals surface area contributed by atoms with Crippen LogP contribution >= 0.6 is 0 Å². The maximum absolute atomic E-state index is 13.0. The van der Waals surface area contributed by atoms with E-state index in [1.54, 1.807) is 6.20 Å². The van der Waals surface area contributed by atoms with Gasteiger partial charge in [-0.2, -0.15) is 0 Å². The van der Waals surface area contributed by atoms with Gasteiger partial charge in [0, 0.05) is 74.0 Å². The highest BCUT2D eigenvalue weighted by atomic mass is 16.2. The van der Waals surface area contributed by atoms with Crippen LogP contribution in [0.3, 0.4) is 0 Å². The average molecular weight is 412 g/mol. The summed E-state index contributed by atoms with van der Waals surface area (Å²) in [5.74, 6) is 0.173. The number of pyridine rings is 2. The molecule has 4 aromatic rings. The number of amides is 1. The monoisotopic (exact) mass is 411 g/mol. The lowest BCUT2D eigenvalue weighted by atomic mass is 10.1. The summed E-state index contributed by atoms with van der Waals surface area (Å²) in [5.41, 5.74) is 5.14. The second-order valence-electron chi connectivity index (χ2n) is 8.00. The van der Waals surface area contributed by atoms with Crippen molar-refractivity contribution in [2.45, 2.75) is 13.0 Å². The highest BCUT2D eigenvalue weighted by molar-refractivity contribution is 5.89. The summed E-state index contributed by atoms with van der Waals surface area (Å²) >= 11 is 0. The number of aromatic nitrogens is 3. The zero-order chi connectivity index (χ0) is 21.0. The van der Waals surface area contributed by atoms with Crippen LogP contribution in [0.2, 0.25) is 0 Å². The SMILES string of the molecule is O=C(Cc1c[nH]c2ncc(-c3cccnc3)cc12)N1CCN(Cc2ccccc2)CC1. The van der Waals surface area contributed by atoms with Gasteiger partial charge in [0.05, 0.1) is 6.42 Å². The van der Waals surface area contributed by atoms with E-state index in [1.165, 1.54) is 5.56 Å². The van der Waals surface area contributed by atoms with Crippen LogP contribution in [0, 0.1) is 0 Å². The Balaban J connectivity index is 1.24. The van der Waals surface area contributed by atoms with Crippen LogP contribution in [0.15, 0.2) is 73.3 Å². The molecule has 4 heterocycles. The Morgan fingerprint density at radius 1 is 0.968 bits per heavy atom. The number of H-pyrrole nitrogens is 1. The Kier molecular flexibility index (Phi) is 5.46. The fourth-order valence-electron chi connectivity index (χ4n) is 4.17. The number of fused-ring (bicyclic) bond motifs is 1. The molecule has 5 rings (SSSR count). The summed E-state index contributed by atoms with van der Waals surface area (Å²) in [6.07, 6.45) is 7.73. The lowest BCUT2D eigenvalue weighted by Crippen LogP contribution is -2.48. The highest BCUT2D eigenvalue weighted by Gasteiger charge is 2.22. The van der Waals surface area contributed by atoms with Gasteiger partial charge in [-0.3, -0.25) is 14.7 Å². The molecule has 3 aromatic heterocycles. The van der Waals surface area contributed by atoms with Crippen molar-refractivity contribution in [1.82, 2.24) is 24.8 Å². The zero-order valence-corrected chi connectivity index (χ0v) is 17.4. The van der Waals surface area contributed by atoms with E-state index in [9.17, 15) is 4.79 Å². The van der Waals surface area contributed by atoms with Crippen molar-refractivity contribution in [1.29, 1.82) is 0 Å². The van der Waals surface area contributed by atoms with Gasteiger partial charge in [0.2, 0.25) is 5.91 Å². The quantitative estimate of drug-likeness (QED) is 0.546. The van der Waals surface area contributed by atoms with Gasteiger partial charge in [-0.1, -0.05) is 36.4 Å². The maximum atomic E-state index is 13.0. The maximum Gasteiger partial charge on any atom is 0.227 e. The number of benzene rings is 1. The van der Waals surface area contributed by atoms with Gasteiger partial charge in [-0.25, -0.2) is 4.98 Å². The fraction of sp³-hybridized carbons (Fsp3) is 0.240. The molecule has 1 fully saturated rings. The van der Waals surface area contributed by atoms with Crippen LogP contribution in [0.25, 0.3) is 22.2 Å². The van der Waals surface area contributed by atoms with Crippen LogP contribution in [-0.2, 0) is 17.8 Å². The molecular formula is C25H25N5O. The minimum atomic E-state index is 0.173. The zero-order valence-electron chi connectivity index (χ0n) is 17.4. The molecule has 6 heteroatoms. The topological polar surface area (TPSA) is 65.1 Å². The molecule has 0 aliphatic carbocycles. The Morgan fingerprint density at radius 2 is 1.81 bits per heavy atom. The van der Waals surface area contributed by atoms with Crippen LogP contribution < -0.4 is 0 Å². The standard InChI is InChI=1S/C25H25N5O/c31-24(30-11-9-29(10-12-30)18-19-5-2-1-3-6-19)14-22-17-28-25-23(22)13-21(16-27-25)20-7-4-8-26-15-20/h1-8,13,15-17H,9-12,14,18H2,(H,27,28). The van der Waals surface area contributed by atoms with Crippen molar-refractivity contribution in [3.8, 4) is 11.1 Å². The number of carbonyl (C=O) groups excluding carboxylic acids is 1. The molecule has 1 amide bonds. The lowest BCUT2D eigenvalue weighted by molar-refractivity contribution is -0.132. The smallest absolute Gasteiger partial charge is 0.227 e. The molecule has 0 saturated carbocycles. The van der Waals surface area contributed by atoms with Gasteiger partial charge in [0.25, 0.3) is 0 Å². The van der Waals surface area contributed by atoms with Gasteiger partial charge >= 0.3 is 0 Å². The molecule has 1 saturated heterocycles. The van der Waals surface area contributed by atoms with Crippen molar-refractivity contribution in [3.05, 3.63) is 84.4 Å². The van der Waals surface area contributed by atoms with Crippen molar-refractivity contribution in [2.75, 3.05) is 26.2 Å². The molecule has 1 aromatic carbocycles. The summed E-state index contributed by atoms with van der Waals surface area (Å²) in [6.45, 7) is 4.29. The fourth-order valence-corrected chi connectivity index (χ4v) is 4.17. The first kappa shape index (κ1) is 19.5. The molecule has 0 bridgehead atoms. The Hall–Kier alpha value is -3.51. The molecule has 1 aliphatic rings. The van der Waals surface area contributed by atoms with E-state index >= 15 is 0 Å². The van der Waals surface area contributed by atoms with E-state index < -0.39 is 0 Å². The molecule has 0 radical (unpaired) electrons. The van der Waals surface area contributed by atoms with Crippen molar-refractivity contribution in [3.63, 3.8) is 0 Å². The highest BCUT2D eigenvalue weighted by Crippen LogP contribution is 2.25. The van der Waals surface area contributed by atoms with Crippen molar-refractivity contribution in [2.24, 2.45) is 0 Å². The van der Waals surface area contributed by atoms with E-state index in [0.29, 0.717) is 6.42 Å². The first-order valence-electron chi connectivity index (χ1n) is 10.7. The first-order chi connectivity index (χ1) is 15.3. The largest absolute Gasteiger partial charge is 0.346 e. The van der Waals surface area contributed by atoms with E-state index in [-0.39, 0.29) is 5.91 Å². The number of hydrogen-bond acceptors (Lipinski definition) is 4. The number of aromatic amines is 1. The summed E-state index contributed by atoms with van der Waals surface area (Å²) in [6, 6.07) is 16.5. The molecule has 1 N–H and O–H groups in total. The predicted molar refractivity (Wildman–Crippen MR) is 121 cm³/mol. The summed E-state index contributed by atoms with van der Waals surface area (Å²) in [4.78, 5) is 29.3. The molecule has 156 valence electrons. The summed E-state index contributed by atoms with van der Waals surface area (Å²) in [7, 11) is 0. The Bertz CT molecular complexity index is 1160. The average Bonchev–Trinajstić information content (AvgIpc) is 3.22. The first-order valence-corrected chi connectivity index (χ1v) is 10.7. The molecule has 31 heavy (non-hydrogen) atoms. The lowest BCUT2D eigenvalue weighted by Gasteiger charge is -2.34. The van der Waals surface area contributed by atoms with Crippen molar-refractivity contribution >= 4 is 16.9 Å². The van der Waals surface area contributed by atoms with Gasteiger partial charge in [-0.05, 0) is 23.3 Å². The third kappa shape index (κ3) is 4.34. The number of nitrogens with zero attached hydrogens (tertiary/aromatic N) is 4. The van der Waals surface area contributed by atoms with E-state index in [4.69, 9.17) is 0 Å². The van der Waals surface area contributed by atoms with Gasteiger partial charge < -0.3 is 9.88 Å². The second kappa shape index (κ2) is 8.70. The minimum Gasteiger partial charge on any atom is -0.346 e. The van der Waals surface area contributed by atoms with Gasteiger partial charge in [0.15, 0.2) is 0 Å². The van der Waals surface area contributed by atoms with Crippen molar-refractivity contribution < 1.29 is 4.79 Å². The van der Waals surface area contributed by atoms with E-state index in [2.05, 4.69) is 50.2 Å². The number of piperazine rings is 1. The van der Waals surface area contributed by atoms with Crippen LogP contribution in [0.1, 0.15) is 11.1 Å². The number of nitrogens with one attached hydrogen (secondary N) is 1. The van der Waals surface area contributed by atoms with E-state index in [1.807, 2.05) is 41.7 Å². The molecular weight excluding hydrogens is 386 g/mol. The molecule has 0 unspecified atom stereocenters. The minimum absolute atomic E-state index is 0.173. The van der Waals surface area contributed by atoms with Crippen LogP contribution in [0.5, 0.6) is 0 Å². The molecule has 1 aliphatic heterocycles. The molecule has 0 atom stereocenters. The Labute approximate surface area is 181 Å². The van der Waals surface area contributed by atoms with Crippen LogP contribution in [-0.4, -0.2) is 56.8 Å². The number of rotatable bonds is 5. The summed E-state index contributed by atoms with van der Waals surface area (Å²) in [5, 5.41) is 0.998. The van der Waals surface area contributed by atoms with Gasteiger partial charge in [0.1, 0.15) is 5.65 Å².